The predicted molar refractivity (Wildman–Crippen MR) is 115 cm³/mol. The molecule has 156 valence electrons. The number of nitrogens with one attached hydrogen (secondary N) is 1. The lowest BCUT2D eigenvalue weighted by molar-refractivity contribution is 0.0950. The number of anilines is 1. The molecule has 0 unspecified atom stereocenters. The van der Waals surface area contributed by atoms with Crippen LogP contribution in [0.5, 0.6) is 0 Å². The molecule has 0 aliphatic carbocycles. The van der Waals surface area contributed by atoms with E-state index in [1.807, 2.05) is 17.0 Å². The molecule has 1 aliphatic rings. The minimum atomic E-state index is -2.42. The van der Waals surface area contributed by atoms with Crippen LogP contribution >= 0.6 is 10.6 Å². The van der Waals surface area contributed by atoms with Crippen LogP contribution in [0.15, 0.2) is 55.2 Å². The third-order valence-electron chi connectivity index (χ3n) is 4.81. The van der Waals surface area contributed by atoms with Gasteiger partial charge in [0.1, 0.15) is 11.5 Å². The molecule has 1 saturated heterocycles. The van der Waals surface area contributed by atoms with Gasteiger partial charge in [-0.1, -0.05) is 6.07 Å². The SMILES string of the molecule is O=C(NCc1ccc(N2CCS(O)(O)CC2)nc1)c1ccc(-c2cnccn2)nc1. The Morgan fingerprint density at radius 1 is 0.967 bits per heavy atom. The van der Waals surface area contributed by atoms with E-state index < -0.39 is 10.6 Å². The maximum absolute atomic E-state index is 12.4. The zero-order valence-electron chi connectivity index (χ0n) is 16.2. The summed E-state index contributed by atoms with van der Waals surface area (Å²) in [5, 5.41) is 2.86. The summed E-state index contributed by atoms with van der Waals surface area (Å²) in [7, 11) is -2.42. The Bertz CT molecular complexity index is 989. The lowest BCUT2D eigenvalue weighted by Gasteiger charge is -2.41. The number of nitrogens with zero attached hydrogens (tertiary/aromatic N) is 5. The van der Waals surface area contributed by atoms with Gasteiger partial charge in [0.15, 0.2) is 0 Å². The first-order valence-electron chi connectivity index (χ1n) is 9.44. The maximum Gasteiger partial charge on any atom is 0.253 e. The van der Waals surface area contributed by atoms with E-state index in [1.54, 1.807) is 36.9 Å². The number of carbonyl (C=O) groups excluding carboxylic acids is 1. The average Bonchev–Trinajstić information content (AvgIpc) is 2.79. The summed E-state index contributed by atoms with van der Waals surface area (Å²) >= 11 is 0. The molecule has 30 heavy (non-hydrogen) atoms. The second-order valence-corrected chi connectivity index (χ2v) is 9.35. The summed E-state index contributed by atoms with van der Waals surface area (Å²) in [6.45, 7) is 1.49. The smallest absolute Gasteiger partial charge is 0.253 e. The Hall–Kier alpha value is -3.08. The fourth-order valence-electron chi connectivity index (χ4n) is 3.06. The third-order valence-corrected chi connectivity index (χ3v) is 6.49. The van der Waals surface area contributed by atoms with Gasteiger partial charge in [-0.05, 0) is 23.8 Å². The molecule has 3 N–H and O–H groups in total. The lowest BCUT2D eigenvalue weighted by atomic mass is 10.2. The fourth-order valence-corrected chi connectivity index (χ4v) is 4.29. The van der Waals surface area contributed by atoms with Crippen LogP contribution in [0.25, 0.3) is 11.4 Å². The van der Waals surface area contributed by atoms with Crippen molar-refractivity contribution in [3.63, 3.8) is 0 Å². The standard InChI is InChI=1S/C20H22N6O3S/c27-20(16-2-3-17(23-13-16)18-14-21-5-6-22-18)25-12-15-1-4-19(24-11-15)26-7-9-30(28,29)10-8-26/h1-6,11,13-14,28-29H,7-10,12H2,(H,25,27). The molecule has 3 aromatic heterocycles. The number of carbonyl (C=O) groups is 1. The van der Waals surface area contributed by atoms with Crippen molar-refractivity contribution < 1.29 is 13.9 Å². The molecule has 0 bridgehead atoms. The lowest BCUT2D eigenvalue weighted by Crippen LogP contribution is -2.38. The summed E-state index contributed by atoms with van der Waals surface area (Å²) in [5.74, 6) is 1.31. The molecule has 4 rings (SSSR count). The summed E-state index contributed by atoms with van der Waals surface area (Å²) in [6.07, 6.45) is 8.04. The van der Waals surface area contributed by atoms with Crippen LogP contribution in [-0.4, -0.2) is 59.5 Å². The second kappa shape index (κ2) is 8.74. The maximum atomic E-state index is 12.4. The van der Waals surface area contributed by atoms with E-state index in [2.05, 4.69) is 25.3 Å². The minimum absolute atomic E-state index is 0.224. The first kappa shape index (κ1) is 20.2. The highest BCUT2D eigenvalue weighted by Crippen LogP contribution is 2.40. The molecule has 0 spiro atoms. The van der Waals surface area contributed by atoms with Crippen molar-refractivity contribution in [2.45, 2.75) is 6.54 Å². The van der Waals surface area contributed by atoms with E-state index in [1.165, 1.54) is 6.20 Å². The van der Waals surface area contributed by atoms with Gasteiger partial charge >= 0.3 is 0 Å². The number of hydrogen-bond donors (Lipinski definition) is 3. The quantitative estimate of drug-likeness (QED) is 0.568. The molecule has 0 aromatic carbocycles. The molecule has 1 aliphatic heterocycles. The molecule has 9 nitrogen and oxygen atoms in total. The molecule has 1 fully saturated rings. The molecular formula is C20H22N6O3S. The molecular weight excluding hydrogens is 404 g/mol. The molecule has 3 aromatic rings. The van der Waals surface area contributed by atoms with Gasteiger partial charge in [0, 0.05) is 44.4 Å². The van der Waals surface area contributed by atoms with E-state index >= 15 is 0 Å². The van der Waals surface area contributed by atoms with E-state index in [9.17, 15) is 13.9 Å². The van der Waals surface area contributed by atoms with Crippen molar-refractivity contribution in [2.24, 2.45) is 0 Å². The largest absolute Gasteiger partial charge is 0.353 e. The Morgan fingerprint density at radius 2 is 1.80 bits per heavy atom. The van der Waals surface area contributed by atoms with E-state index in [0.717, 1.165) is 11.4 Å². The molecule has 0 radical (unpaired) electrons. The van der Waals surface area contributed by atoms with Crippen molar-refractivity contribution in [1.29, 1.82) is 0 Å². The van der Waals surface area contributed by atoms with Crippen molar-refractivity contribution in [1.82, 2.24) is 25.3 Å². The summed E-state index contributed by atoms with van der Waals surface area (Å²) < 4.78 is 19.4. The monoisotopic (exact) mass is 426 g/mol. The van der Waals surface area contributed by atoms with Gasteiger partial charge < -0.3 is 10.2 Å². The average molecular weight is 427 g/mol. The van der Waals surface area contributed by atoms with Crippen LogP contribution in [-0.2, 0) is 6.54 Å². The van der Waals surface area contributed by atoms with Crippen LogP contribution < -0.4 is 10.2 Å². The van der Waals surface area contributed by atoms with Gasteiger partial charge in [0.2, 0.25) is 0 Å². The van der Waals surface area contributed by atoms with Gasteiger partial charge in [0.05, 0.1) is 29.0 Å². The van der Waals surface area contributed by atoms with Gasteiger partial charge in [0.25, 0.3) is 5.91 Å². The number of hydrogen-bond acceptors (Lipinski definition) is 8. The topological polar surface area (TPSA) is 124 Å². The second-order valence-electron chi connectivity index (χ2n) is 6.93. The minimum Gasteiger partial charge on any atom is -0.353 e. The molecule has 10 heteroatoms. The Kier molecular flexibility index (Phi) is 5.88. The predicted octanol–water partition coefficient (Wildman–Crippen LogP) is 2.43. The zero-order valence-corrected chi connectivity index (χ0v) is 17.0. The van der Waals surface area contributed by atoms with Crippen molar-refractivity contribution in [3.05, 3.63) is 66.4 Å². The first-order valence-corrected chi connectivity index (χ1v) is 11.3. The highest BCUT2D eigenvalue weighted by atomic mass is 32.3. The fraction of sp³-hybridized carbons (Fsp3) is 0.250. The summed E-state index contributed by atoms with van der Waals surface area (Å²) in [6, 6.07) is 7.23. The molecule has 4 heterocycles. The van der Waals surface area contributed by atoms with Crippen LogP contribution in [0, 0.1) is 0 Å². The molecule has 0 atom stereocenters. The number of aromatic nitrogens is 4. The number of rotatable bonds is 5. The highest BCUT2D eigenvalue weighted by molar-refractivity contribution is 8.24. The van der Waals surface area contributed by atoms with Crippen molar-refractivity contribution in [2.75, 3.05) is 29.5 Å². The van der Waals surface area contributed by atoms with Crippen molar-refractivity contribution >= 4 is 22.3 Å². The van der Waals surface area contributed by atoms with E-state index in [4.69, 9.17) is 0 Å². The summed E-state index contributed by atoms with van der Waals surface area (Å²) in [5.41, 5.74) is 2.63. The van der Waals surface area contributed by atoms with Crippen LogP contribution in [0.3, 0.4) is 0 Å². The normalized spacial score (nSPS) is 16.7. The molecule has 1 amide bonds. The van der Waals surface area contributed by atoms with Gasteiger partial charge in [-0.2, -0.15) is 10.6 Å². The molecule has 0 saturated carbocycles. The Balaban J connectivity index is 1.32. The van der Waals surface area contributed by atoms with Gasteiger partial charge in [-0.15, -0.1) is 0 Å². The Labute approximate surface area is 175 Å². The van der Waals surface area contributed by atoms with Gasteiger partial charge in [-0.3, -0.25) is 28.9 Å². The third kappa shape index (κ3) is 4.90. The number of pyridine rings is 2. The van der Waals surface area contributed by atoms with Crippen LogP contribution in [0.1, 0.15) is 15.9 Å². The van der Waals surface area contributed by atoms with Crippen LogP contribution in [0.2, 0.25) is 0 Å². The van der Waals surface area contributed by atoms with E-state index in [0.29, 0.717) is 48.1 Å². The van der Waals surface area contributed by atoms with Crippen LogP contribution in [0.4, 0.5) is 5.82 Å². The van der Waals surface area contributed by atoms with E-state index in [-0.39, 0.29) is 5.91 Å². The summed E-state index contributed by atoms with van der Waals surface area (Å²) in [4.78, 5) is 31.3. The van der Waals surface area contributed by atoms with Gasteiger partial charge in [-0.25, -0.2) is 4.98 Å². The zero-order chi connectivity index (χ0) is 21.0. The highest BCUT2D eigenvalue weighted by Gasteiger charge is 2.22. The van der Waals surface area contributed by atoms with Crippen molar-refractivity contribution in [3.8, 4) is 11.4 Å². The first-order chi connectivity index (χ1) is 14.5. The Morgan fingerprint density at radius 3 is 2.43 bits per heavy atom. The number of amides is 1.